The molecule has 0 aliphatic rings. The first-order chi connectivity index (χ1) is 13.3. The molecular formula is C19H17F3N4O2. The second-order valence-corrected chi connectivity index (χ2v) is 6.18. The first-order valence-corrected chi connectivity index (χ1v) is 8.43. The molecular weight excluding hydrogens is 373 g/mol. The van der Waals surface area contributed by atoms with Crippen LogP contribution >= 0.6 is 0 Å². The van der Waals surface area contributed by atoms with E-state index >= 15 is 0 Å². The van der Waals surface area contributed by atoms with Gasteiger partial charge in [-0.3, -0.25) is 4.52 Å². The summed E-state index contributed by atoms with van der Waals surface area (Å²) in [6, 6.07) is 13.2. The van der Waals surface area contributed by atoms with Gasteiger partial charge in [-0.2, -0.15) is 13.2 Å². The Balaban J connectivity index is 1.67. The Bertz CT molecular complexity index is 955. The van der Waals surface area contributed by atoms with E-state index in [1.54, 1.807) is 0 Å². The molecule has 0 bridgehead atoms. The number of anilines is 1. The van der Waals surface area contributed by atoms with Crippen LogP contribution in [0.25, 0.3) is 0 Å². The molecule has 9 heteroatoms. The third-order valence-corrected chi connectivity index (χ3v) is 3.95. The molecule has 0 saturated heterocycles. The smallest absolute Gasteiger partial charge is 0.416 e. The normalized spacial score (nSPS) is 13.4. The lowest BCUT2D eigenvalue weighted by Gasteiger charge is -2.14. The molecule has 0 aliphatic carbocycles. The maximum atomic E-state index is 12.7. The van der Waals surface area contributed by atoms with Crippen molar-refractivity contribution >= 4 is 17.6 Å². The Morgan fingerprint density at radius 1 is 1.21 bits per heavy atom. The molecule has 0 fully saturated rings. The molecule has 146 valence electrons. The second kappa shape index (κ2) is 8.12. The predicted molar refractivity (Wildman–Crippen MR) is 93.7 cm³/mol. The lowest BCUT2D eigenvalue weighted by Crippen LogP contribution is -2.39. The van der Waals surface area contributed by atoms with Crippen molar-refractivity contribution in [2.75, 3.05) is 5.32 Å². The highest BCUT2D eigenvalue weighted by molar-refractivity contribution is 5.87. The van der Waals surface area contributed by atoms with Gasteiger partial charge in [0, 0.05) is 19.0 Å². The van der Waals surface area contributed by atoms with Gasteiger partial charge in [-0.1, -0.05) is 36.4 Å². The van der Waals surface area contributed by atoms with Crippen LogP contribution in [0.15, 0.2) is 70.3 Å². The summed E-state index contributed by atoms with van der Waals surface area (Å²) in [6.07, 6.45) is -2.34. The zero-order chi connectivity index (χ0) is 20.1. The fraction of sp³-hybridized carbons (Fsp3) is 0.211. The predicted octanol–water partition coefficient (Wildman–Crippen LogP) is 3.24. The van der Waals surface area contributed by atoms with Crippen molar-refractivity contribution in [3.63, 3.8) is 0 Å². The molecule has 6 nitrogen and oxygen atoms in total. The van der Waals surface area contributed by atoms with Crippen LogP contribution in [-0.2, 0) is 12.6 Å². The van der Waals surface area contributed by atoms with Gasteiger partial charge in [0.2, 0.25) is 5.27 Å². The number of nitrogens with one attached hydrogen (secondary N) is 1. The second-order valence-electron chi connectivity index (χ2n) is 6.18. The number of amidine groups is 1. The van der Waals surface area contributed by atoms with Gasteiger partial charge in [-0.25, -0.2) is 4.99 Å². The molecule has 1 atom stereocenters. The van der Waals surface area contributed by atoms with Crippen molar-refractivity contribution in [3.8, 4) is 0 Å². The lowest BCUT2D eigenvalue weighted by atomic mass is 10.1. The molecule has 2 aromatic carbocycles. The van der Waals surface area contributed by atoms with Crippen LogP contribution in [0, 0.1) is 0 Å². The molecule has 0 unspecified atom stereocenters. The maximum absolute atomic E-state index is 12.7. The first-order valence-electron chi connectivity index (χ1n) is 8.43. The Morgan fingerprint density at radius 2 is 1.96 bits per heavy atom. The Kier molecular flexibility index (Phi) is 5.62. The van der Waals surface area contributed by atoms with Gasteiger partial charge in [0.05, 0.1) is 11.6 Å². The van der Waals surface area contributed by atoms with Crippen LogP contribution in [0.5, 0.6) is 0 Å². The van der Waals surface area contributed by atoms with Crippen molar-refractivity contribution < 1.29 is 27.5 Å². The molecule has 1 heterocycles. The summed E-state index contributed by atoms with van der Waals surface area (Å²) in [5.74, 6) is -0.0515. The number of halogens is 3. The van der Waals surface area contributed by atoms with Gasteiger partial charge >= 0.3 is 12.1 Å². The van der Waals surface area contributed by atoms with Gasteiger partial charge in [0.25, 0.3) is 6.20 Å². The molecule has 3 aromatic rings. The molecule has 0 radical (unpaired) electrons. The molecule has 28 heavy (non-hydrogen) atoms. The molecule has 3 rings (SSSR count). The number of nitrogens with zero attached hydrogens (tertiary/aromatic N) is 3. The first kappa shape index (κ1) is 19.4. The van der Waals surface area contributed by atoms with Crippen LogP contribution in [0.3, 0.4) is 0 Å². The zero-order valence-electron chi connectivity index (χ0n) is 14.8. The van der Waals surface area contributed by atoms with E-state index in [9.17, 15) is 18.3 Å². The van der Waals surface area contributed by atoms with Crippen molar-refractivity contribution in [1.82, 2.24) is 5.27 Å². The Labute approximate surface area is 158 Å². The van der Waals surface area contributed by atoms with Gasteiger partial charge < -0.3 is 10.4 Å². The topological polar surface area (TPSA) is 77.4 Å². The number of aromatic nitrogens is 2. The Hall–Kier alpha value is -3.36. The maximum Gasteiger partial charge on any atom is 0.416 e. The van der Waals surface area contributed by atoms with Crippen LogP contribution in [0.1, 0.15) is 24.1 Å². The Morgan fingerprint density at radius 3 is 2.68 bits per heavy atom. The highest BCUT2D eigenvalue weighted by atomic mass is 19.4. The minimum atomic E-state index is -4.50. The summed E-state index contributed by atoms with van der Waals surface area (Å²) in [5, 5.41) is 18.1. The summed E-state index contributed by atoms with van der Waals surface area (Å²) in [4.78, 5) is 3.67. The summed E-state index contributed by atoms with van der Waals surface area (Å²) in [5.41, 5.74) is 0.234. The number of aliphatic imine (C=N–C) groups is 1. The zero-order valence-corrected chi connectivity index (χ0v) is 14.8. The van der Waals surface area contributed by atoms with Crippen LogP contribution in [0.4, 0.5) is 24.7 Å². The van der Waals surface area contributed by atoms with E-state index in [-0.39, 0.29) is 17.6 Å². The standard InChI is InChI=1S/C19H17F3N4O2/c1-13(10-14-6-3-2-4-7-14)26-12-17(28-25-26)24-18(27)23-16-9-5-8-15(11-16)19(20,21)22/h2-9,11-13H,10H2,1H3,(H-,23,24,25,27)/t13-/m1/s1. The van der Waals surface area contributed by atoms with E-state index in [1.165, 1.54) is 23.0 Å². The van der Waals surface area contributed by atoms with E-state index in [0.29, 0.717) is 6.42 Å². The van der Waals surface area contributed by atoms with Crippen molar-refractivity contribution in [1.29, 1.82) is 0 Å². The number of benzene rings is 2. The number of rotatable bonds is 5. The number of alkyl halides is 3. The molecule has 1 aromatic heterocycles. The van der Waals surface area contributed by atoms with Crippen LogP contribution < -0.4 is 15.1 Å². The molecule has 0 aliphatic heterocycles. The fourth-order valence-corrected chi connectivity index (χ4v) is 2.58. The van der Waals surface area contributed by atoms with Crippen LogP contribution in [0.2, 0.25) is 0 Å². The SMILES string of the molecule is C[C@H](Cc1ccccc1)[n+]1cc(N=C([O-])Nc2cccc(C(F)(F)F)c2)on1. The number of hydrogen-bond donors (Lipinski definition) is 1. The fourth-order valence-electron chi connectivity index (χ4n) is 2.58. The van der Waals surface area contributed by atoms with Crippen molar-refractivity contribution in [3.05, 3.63) is 71.9 Å². The largest absolute Gasteiger partial charge is 0.846 e. The van der Waals surface area contributed by atoms with Crippen LogP contribution in [-0.4, -0.2) is 11.3 Å². The summed E-state index contributed by atoms with van der Waals surface area (Å²) >= 11 is 0. The monoisotopic (exact) mass is 390 g/mol. The molecule has 0 saturated carbocycles. The van der Waals surface area contributed by atoms with Gasteiger partial charge in [0.15, 0.2) is 6.04 Å². The third kappa shape index (κ3) is 5.09. The quantitative estimate of drug-likeness (QED) is 0.412. The van der Waals surface area contributed by atoms with E-state index in [2.05, 4.69) is 15.6 Å². The summed E-state index contributed by atoms with van der Waals surface area (Å²) in [6.45, 7) is 1.93. The molecule has 0 spiro atoms. The van der Waals surface area contributed by atoms with Crippen molar-refractivity contribution in [2.45, 2.75) is 25.6 Å². The molecule has 0 amide bonds. The van der Waals surface area contributed by atoms with Gasteiger partial charge in [-0.15, -0.1) is 0 Å². The van der Waals surface area contributed by atoms with Crippen molar-refractivity contribution in [2.24, 2.45) is 4.99 Å². The minimum Gasteiger partial charge on any atom is -0.846 e. The lowest BCUT2D eigenvalue weighted by molar-refractivity contribution is -0.782. The van der Waals surface area contributed by atoms with Gasteiger partial charge in [0.1, 0.15) is 0 Å². The van der Waals surface area contributed by atoms with E-state index in [0.717, 1.165) is 17.7 Å². The van der Waals surface area contributed by atoms with E-state index < -0.39 is 17.8 Å². The number of hydrogen-bond acceptors (Lipinski definition) is 4. The molecule has 1 N–H and O–H groups in total. The highest BCUT2D eigenvalue weighted by Crippen LogP contribution is 2.30. The average Bonchev–Trinajstić information content (AvgIpc) is 3.10. The van der Waals surface area contributed by atoms with E-state index in [4.69, 9.17) is 4.52 Å². The average molecular weight is 390 g/mol. The van der Waals surface area contributed by atoms with E-state index in [1.807, 2.05) is 37.3 Å². The third-order valence-electron chi connectivity index (χ3n) is 3.95. The highest BCUT2D eigenvalue weighted by Gasteiger charge is 2.30. The summed E-state index contributed by atoms with van der Waals surface area (Å²) in [7, 11) is 0. The summed E-state index contributed by atoms with van der Waals surface area (Å²) < 4.78 is 44.7. The minimum absolute atomic E-state index is 0.0200. The van der Waals surface area contributed by atoms with Gasteiger partial charge in [-0.05, 0) is 28.4 Å².